The van der Waals surface area contributed by atoms with E-state index in [2.05, 4.69) is 55.2 Å². The normalized spacial score (nSPS) is 17.4. The van der Waals surface area contributed by atoms with Gasteiger partial charge in [-0.2, -0.15) is 0 Å². The Morgan fingerprint density at radius 3 is 2.55 bits per heavy atom. The van der Waals surface area contributed by atoms with Crippen molar-refractivity contribution in [2.45, 2.75) is 25.9 Å². The molecule has 1 aliphatic heterocycles. The fourth-order valence-corrected chi connectivity index (χ4v) is 2.70. The summed E-state index contributed by atoms with van der Waals surface area (Å²) in [7, 11) is 1.85. The van der Waals surface area contributed by atoms with Crippen molar-refractivity contribution in [2.75, 3.05) is 7.05 Å². The second-order valence-electron chi connectivity index (χ2n) is 6.08. The van der Waals surface area contributed by atoms with Gasteiger partial charge in [-0.1, -0.05) is 50.2 Å². The number of hydrogen-bond acceptors (Lipinski definition) is 4. The summed E-state index contributed by atoms with van der Waals surface area (Å²) in [5.41, 5.74) is 17.6. The molecule has 1 atom stereocenters. The molecule has 0 saturated heterocycles. The van der Waals surface area contributed by atoms with Gasteiger partial charge in [-0.25, -0.2) is 4.99 Å². The minimum atomic E-state index is -0.247. The van der Waals surface area contributed by atoms with Gasteiger partial charge in [0.15, 0.2) is 5.96 Å². The molecule has 0 aliphatic carbocycles. The molecule has 0 fully saturated rings. The Hall–Kier alpha value is -2.33. The van der Waals surface area contributed by atoms with E-state index < -0.39 is 0 Å². The topological polar surface area (TPSA) is 67.6 Å². The average Bonchev–Trinajstić information content (AvgIpc) is 2.52. The van der Waals surface area contributed by atoms with Crippen LogP contribution in [0, 0.1) is 0 Å². The van der Waals surface area contributed by atoms with E-state index in [1.165, 1.54) is 11.1 Å². The SMILES string of the molecule is CC(C)c1cccc(-c2ccc3c(c2)N=C(N)N(C)C3N)c1. The predicted molar refractivity (Wildman–Crippen MR) is 91.9 cm³/mol. The van der Waals surface area contributed by atoms with Gasteiger partial charge in [-0.3, -0.25) is 0 Å². The highest BCUT2D eigenvalue weighted by atomic mass is 15.3. The molecule has 0 amide bonds. The Morgan fingerprint density at radius 1 is 1.09 bits per heavy atom. The third-order valence-electron chi connectivity index (χ3n) is 4.25. The van der Waals surface area contributed by atoms with Gasteiger partial charge in [0.2, 0.25) is 0 Å². The second-order valence-corrected chi connectivity index (χ2v) is 6.08. The summed E-state index contributed by atoms with van der Waals surface area (Å²) in [6, 6.07) is 14.8. The maximum absolute atomic E-state index is 6.20. The fourth-order valence-electron chi connectivity index (χ4n) is 2.70. The van der Waals surface area contributed by atoms with Crippen LogP contribution in [-0.4, -0.2) is 17.9 Å². The van der Waals surface area contributed by atoms with Crippen LogP contribution in [0.25, 0.3) is 11.1 Å². The van der Waals surface area contributed by atoms with Crippen LogP contribution in [0.3, 0.4) is 0 Å². The molecule has 0 saturated carbocycles. The summed E-state index contributed by atoms with van der Waals surface area (Å²) >= 11 is 0. The first-order chi connectivity index (χ1) is 10.5. The Kier molecular flexibility index (Phi) is 3.62. The zero-order valence-corrected chi connectivity index (χ0v) is 13.2. The molecule has 1 aliphatic rings. The largest absolute Gasteiger partial charge is 0.369 e. The lowest BCUT2D eigenvalue weighted by Gasteiger charge is -2.30. The highest BCUT2D eigenvalue weighted by molar-refractivity contribution is 5.85. The average molecular weight is 294 g/mol. The molecule has 0 aromatic heterocycles. The van der Waals surface area contributed by atoms with Crippen LogP contribution >= 0.6 is 0 Å². The van der Waals surface area contributed by atoms with Crippen molar-refractivity contribution in [3.63, 3.8) is 0 Å². The Bertz CT molecular complexity index is 734. The molecule has 2 aromatic carbocycles. The van der Waals surface area contributed by atoms with Gasteiger partial charge in [0.25, 0.3) is 0 Å². The maximum atomic E-state index is 6.20. The van der Waals surface area contributed by atoms with Crippen molar-refractivity contribution in [3.05, 3.63) is 53.6 Å². The lowest BCUT2D eigenvalue weighted by Crippen LogP contribution is -2.42. The Labute approximate surface area is 131 Å². The van der Waals surface area contributed by atoms with E-state index in [1.807, 2.05) is 13.1 Å². The molecule has 2 aromatic rings. The van der Waals surface area contributed by atoms with E-state index in [0.29, 0.717) is 11.9 Å². The number of nitrogens with zero attached hydrogens (tertiary/aromatic N) is 2. The first-order valence-electron chi connectivity index (χ1n) is 7.54. The van der Waals surface area contributed by atoms with E-state index in [1.54, 1.807) is 4.90 Å². The first-order valence-corrected chi connectivity index (χ1v) is 7.54. The molecule has 114 valence electrons. The van der Waals surface area contributed by atoms with Crippen LogP contribution in [0.5, 0.6) is 0 Å². The molecule has 0 spiro atoms. The number of hydrogen-bond donors (Lipinski definition) is 2. The van der Waals surface area contributed by atoms with Crippen LogP contribution in [0.4, 0.5) is 5.69 Å². The third-order valence-corrected chi connectivity index (χ3v) is 4.25. The molecule has 22 heavy (non-hydrogen) atoms. The molecule has 4 nitrogen and oxygen atoms in total. The van der Waals surface area contributed by atoms with E-state index in [-0.39, 0.29) is 6.17 Å². The van der Waals surface area contributed by atoms with Crippen LogP contribution < -0.4 is 11.5 Å². The minimum Gasteiger partial charge on any atom is -0.369 e. The number of guanidine groups is 1. The number of nitrogens with two attached hydrogens (primary N) is 2. The van der Waals surface area contributed by atoms with Crippen molar-refractivity contribution in [3.8, 4) is 11.1 Å². The molecule has 0 radical (unpaired) electrons. The van der Waals surface area contributed by atoms with Gasteiger partial charge in [-0.05, 0) is 28.7 Å². The van der Waals surface area contributed by atoms with Gasteiger partial charge >= 0.3 is 0 Å². The summed E-state index contributed by atoms with van der Waals surface area (Å²) in [5, 5.41) is 0. The van der Waals surface area contributed by atoms with Crippen LogP contribution in [0.2, 0.25) is 0 Å². The highest BCUT2D eigenvalue weighted by Crippen LogP contribution is 2.34. The number of benzene rings is 2. The first kappa shape index (κ1) is 14.6. The Balaban J connectivity index is 2.06. The van der Waals surface area contributed by atoms with Gasteiger partial charge < -0.3 is 16.4 Å². The molecule has 0 bridgehead atoms. The van der Waals surface area contributed by atoms with Gasteiger partial charge in [0.1, 0.15) is 6.17 Å². The van der Waals surface area contributed by atoms with Gasteiger partial charge in [0, 0.05) is 12.6 Å². The minimum absolute atomic E-state index is 0.247. The molecule has 4 N–H and O–H groups in total. The molecule has 3 rings (SSSR count). The van der Waals surface area contributed by atoms with Crippen LogP contribution in [0.15, 0.2) is 47.5 Å². The van der Waals surface area contributed by atoms with E-state index in [4.69, 9.17) is 11.5 Å². The lowest BCUT2D eigenvalue weighted by atomic mass is 9.96. The second kappa shape index (κ2) is 5.46. The molecular weight excluding hydrogens is 272 g/mol. The lowest BCUT2D eigenvalue weighted by molar-refractivity contribution is 0.375. The quantitative estimate of drug-likeness (QED) is 0.892. The van der Waals surface area contributed by atoms with Crippen molar-refractivity contribution in [1.82, 2.24) is 4.90 Å². The zero-order chi connectivity index (χ0) is 15.9. The number of aliphatic imine (C=N–C) groups is 1. The smallest absolute Gasteiger partial charge is 0.197 e. The highest BCUT2D eigenvalue weighted by Gasteiger charge is 2.22. The predicted octanol–water partition coefficient (Wildman–Crippen LogP) is 3.33. The van der Waals surface area contributed by atoms with Gasteiger partial charge in [-0.15, -0.1) is 0 Å². The number of fused-ring (bicyclic) bond motifs is 1. The molecule has 1 heterocycles. The summed E-state index contributed by atoms with van der Waals surface area (Å²) in [6.45, 7) is 4.40. The summed E-state index contributed by atoms with van der Waals surface area (Å²) in [5.74, 6) is 0.960. The van der Waals surface area contributed by atoms with E-state index in [0.717, 1.165) is 16.8 Å². The van der Waals surface area contributed by atoms with Crippen molar-refractivity contribution >= 4 is 11.6 Å². The zero-order valence-electron chi connectivity index (χ0n) is 13.2. The maximum Gasteiger partial charge on any atom is 0.197 e. The Morgan fingerprint density at radius 2 is 1.82 bits per heavy atom. The molecular formula is C18H22N4. The number of rotatable bonds is 2. The summed E-state index contributed by atoms with van der Waals surface area (Å²) in [4.78, 5) is 6.24. The third kappa shape index (κ3) is 2.46. The van der Waals surface area contributed by atoms with Crippen LogP contribution in [-0.2, 0) is 0 Å². The van der Waals surface area contributed by atoms with E-state index in [9.17, 15) is 0 Å². The monoisotopic (exact) mass is 294 g/mol. The van der Waals surface area contributed by atoms with Crippen molar-refractivity contribution in [2.24, 2.45) is 16.5 Å². The fraction of sp³-hybridized carbons (Fsp3) is 0.278. The van der Waals surface area contributed by atoms with E-state index >= 15 is 0 Å². The van der Waals surface area contributed by atoms with Crippen molar-refractivity contribution in [1.29, 1.82) is 0 Å². The summed E-state index contributed by atoms with van der Waals surface area (Å²) < 4.78 is 0. The van der Waals surface area contributed by atoms with Gasteiger partial charge in [0.05, 0.1) is 5.69 Å². The van der Waals surface area contributed by atoms with Crippen LogP contribution in [0.1, 0.15) is 37.1 Å². The molecule has 4 heteroatoms. The summed E-state index contributed by atoms with van der Waals surface area (Å²) in [6.07, 6.45) is -0.247. The standard InChI is InChI=1S/C18H22N4/c1-11(2)12-5-4-6-13(9-12)14-7-8-15-16(10-14)21-18(20)22(3)17(15)19/h4-11,17H,19H2,1-3H3,(H2,20,21). The van der Waals surface area contributed by atoms with Crippen molar-refractivity contribution < 1.29 is 0 Å². The molecule has 1 unspecified atom stereocenters.